The molecule has 4 aromatic rings. The maximum atomic E-state index is 4.74. The van der Waals surface area contributed by atoms with Crippen molar-refractivity contribution in [3.05, 3.63) is 89.8 Å². The molecule has 149 valence electrons. The Hall–Kier alpha value is -3.73. The van der Waals surface area contributed by atoms with Gasteiger partial charge in [-0.1, -0.05) is 0 Å². The van der Waals surface area contributed by atoms with Gasteiger partial charge in [-0.15, -0.1) is 0 Å². The van der Waals surface area contributed by atoms with Crippen LogP contribution in [0, 0.1) is 0 Å². The predicted octanol–water partition coefficient (Wildman–Crippen LogP) is 5.72. The number of nitrogens with one attached hydrogen (secondary N) is 2. The Morgan fingerprint density at radius 3 is 1.87 bits per heavy atom. The second kappa shape index (κ2) is 7.84. The summed E-state index contributed by atoms with van der Waals surface area (Å²) < 4.78 is 0. The third-order valence-electron chi connectivity index (χ3n) is 5.16. The summed E-state index contributed by atoms with van der Waals surface area (Å²) in [6, 6.07) is 18.5. The van der Waals surface area contributed by atoms with E-state index in [2.05, 4.69) is 50.3 Å². The monoisotopic (exact) mass is 442 g/mol. The molecule has 0 fully saturated rings. The third kappa shape index (κ3) is 3.87. The molecule has 2 aliphatic heterocycles. The molecule has 0 aliphatic carbocycles. The molecule has 0 spiro atoms. The number of aromatic nitrogens is 5. The van der Waals surface area contributed by atoms with Crippen molar-refractivity contribution in [1.29, 1.82) is 0 Å². The molecule has 0 aromatic carbocycles. The van der Waals surface area contributed by atoms with Crippen molar-refractivity contribution in [2.24, 2.45) is 0 Å². The van der Waals surface area contributed by atoms with E-state index in [0.717, 1.165) is 56.0 Å². The molecule has 6 rings (SSSR count). The number of H-pyrrole nitrogens is 2. The van der Waals surface area contributed by atoms with E-state index in [4.69, 9.17) is 4.98 Å². The smallest absolute Gasteiger partial charge is 0.0659 e. The van der Waals surface area contributed by atoms with E-state index in [1.54, 1.807) is 0 Å². The van der Waals surface area contributed by atoms with Crippen LogP contribution in [0.25, 0.3) is 57.5 Å². The molecule has 4 aromatic heterocycles. The summed E-state index contributed by atoms with van der Waals surface area (Å²) in [7, 11) is 0. The molecular formula is C25H17MnN5. The maximum Gasteiger partial charge on any atom is 0.0659 e. The molecule has 0 atom stereocenters. The average Bonchev–Trinajstić information content (AvgIpc) is 3.53. The van der Waals surface area contributed by atoms with Crippen molar-refractivity contribution < 1.29 is 17.1 Å². The number of nitrogens with zero attached hydrogens (tertiary/aromatic N) is 3. The van der Waals surface area contributed by atoms with Crippen molar-refractivity contribution in [3.63, 3.8) is 0 Å². The van der Waals surface area contributed by atoms with Gasteiger partial charge in [0, 0.05) is 57.1 Å². The van der Waals surface area contributed by atoms with Crippen LogP contribution in [0.5, 0.6) is 0 Å². The Labute approximate surface area is 189 Å². The molecule has 0 unspecified atom stereocenters. The van der Waals surface area contributed by atoms with Crippen molar-refractivity contribution in [1.82, 2.24) is 24.9 Å². The first-order valence-electron chi connectivity index (χ1n) is 9.77. The first kappa shape index (κ1) is 19.2. The van der Waals surface area contributed by atoms with Gasteiger partial charge >= 0.3 is 0 Å². The number of hydrogen-bond donors (Lipinski definition) is 2. The van der Waals surface area contributed by atoms with E-state index in [1.807, 2.05) is 61.0 Å². The van der Waals surface area contributed by atoms with Gasteiger partial charge < -0.3 is 9.97 Å². The van der Waals surface area contributed by atoms with E-state index in [0.29, 0.717) is 0 Å². The Morgan fingerprint density at radius 1 is 0.548 bits per heavy atom. The largest absolute Gasteiger partial charge is 0.355 e. The van der Waals surface area contributed by atoms with Gasteiger partial charge in [0.2, 0.25) is 0 Å². The Bertz CT molecular complexity index is 1490. The van der Waals surface area contributed by atoms with Crippen LogP contribution in [0.15, 0.2) is 67.0 Å². The molecule has 0 amide bonds. The number of hydrogen-bond acceptors (Lipinski definition) is 3. The first-order chi connectivity index (χ1) is 14.8. The van der Waals surface area contributed by atoms with Crippen LogP contribution in [0.3, 0.4) is 0 Å². The third-order valence-corrected chi connectivity index (χ3v) is 5.16. The zero-order valence-electron chi connectivity index (χ0n) is 16.4. The van der Waals surface area contributed by atoms with Gasteiger partial charge in [0.05, 0.1) is 22.8 Å². The summed E-state index contributed by atoms with van der Waals surface area (Å²) >= 11 is 0. The second-order valence-corrected chi connectivity index (χ2v) is 7.32. The number of aromatic amines is 2. The number of rotatable bonds is 1. The predicted molar refractivity (Wildman–Crippen MR) is 122 cm³/mol. The molecule has 8 bridgehead atoms. The van der Waals surface area contributed by atoms with E-state index in [1.165, 1.54) is 0 Å². The van der Waals surface area contributed by atoms with Crippen LogP contribution in [0.4, 0.5) is 0 Å². The fourth-order valence-corrected chi connectivity index (χ4v) is 3.79. The van der Waals surface area contributed by atoms with Crippen LogP contribution in [-0.4, -0.2) is 24.9 Å². The van der Waals surface area contributed by atoms with Crippen molar-refractivity contribution >= 4 is 46.4 Å². The normalized spacial score (nSPS) is 12.0. The summed E-state index contributed by atoms with van der Waals surface area (Å²) in [5.41, 5.74) is 9.89. The second-order valence-electron chi connectivity index (χ2n) is 7.32. The van der Waals surface area contributed by atoms with Crippen molar-refractivity contribution in [2.45, 2.75) is 0 Å². The number of pyridine rings is 1. The molecule has 31 heavy (non-hydrogen) atoms. The van der Waals surface area contributed by atoms with Crippen molar-refractivity contribution in [2.75, 3.05) is 0 Å². The van der Waals surface area contributed by atoms with E-state index in [9.17, 15) is 0 Å². The van der Waals surface area contributed by atoms with Gasteiger partial charge in [0.25, 0.3) is 0 Å². The van der Waals surface area contributed by atoms with Gasteiger partial charge in [0.15, 0.2) is 0 Å². The van der Waals surface area contributed by atoms with Crippen LogP contribution in [-0.2, 0) is 17.1 Å². The standard InChI is InChI=1S/C25H17N5.Mn/c1-2-18-12-20-5-6-22(29-20)15-25-24(16-7-9-26-10-8-16)14-23(30-25)13-21-4-3-19(28-21)11-17(1)27-18;/h1-15,28,30H;. The van der Waals surface area contributed by atoms with Crippen LogP contribution in [0.1, 0.15) is 22.8 Å². The summed E-state index contributed by atoms with van der Waals surface area (Å²) in [6.07, 6.45) is 11.7. The van der Waals surface area contributed by atoms with Gasteiger partial charge in [0.1, 0.15) is 0 Å². The summed E-state index contributed by atoms with van der Waals surface area (Å²) in [6.45, 7) is 0. The molecular weight excluding hydrogens is 425 g/mol. The SMILES string of the molecule is C1=Cc2cc3ccc(cc4cc(-c5ccncc5)c(cc5nc(cc1n2)C=C5)[nH]4)[nH]3.[Mn]. The molecule has 2 N–H and O–H groups in total. The van der Waals surface area contributed by atoms with Crippen molar-refractivity contribution in [3.8, 4) is 11.1 Å². The first-order valence-corrected chi connectivity index (χ1v) is 9.77. The Morgan fingerprint density at radius 2 is 1.16 bits per heavy atom. The average molecular weight is 442 g/mol. The molecule has 0 saturated heterocycles. The molecule has 6 heterocycles. The fourth-order valence-electron chi connectivity index (χ4n) is 3.79. The fraction of sp³-hybridized carbons (Fsp3) is 0. The summed E-state index contributed by atoms with van der Waals surface area (Å²) in [4.78, 5) is 20.5. The maximum absolute atomic E-state index is 4.74. The van der Waals surface area contributed by atoms with Gasteiger partial charge in [-0.3, -0.25) is 4.98 Å². The molecule has 5 nitrogen and oxygen atoms in total. The quantitative estimate of drug-likeness (QED) is 0.320. The van der Waals surface area contributed by atoms with Gasteiger partial charge in [-0.2, -0.15) is 0 Å². The van der Waals surface area contributed by atoms with E-state index < -0.39 is 0 Å². The minimum atomic E-state index is 0. The minimum Gasteiger partial charge on any atom is -0.355 e. The Balaban J connectivity index is 0.00000204. The Kier molecular flexibility index (Phi) is 4.86. The van der Waals surface area contributed by atoms with Crippen LogP contribution in [0.2, 0.25) is 0 Å². The molecule has 6 heteroatoms. The molecule has 2 aliphatic rings. The van der Waals surface area contributed by atoms with Gasteiger partial charge in [-0.25, -0.2) is 9.97 Å². The zero-order valence-corrected chi connectivity index (χ0v) is 17.6. The summed E-state index contributed by atoms with van der Waals surface area (Å²) in [5.74, 6) is 0. The van der Waals surface area contributed by atoms with Crippen LogP contribution >= 0.6 is 0 Å². The molecule has 0 saturated carbocycles. The zero-order chi connectivity index (χ0) is 19.9. The number of fused-ring (bicyclic) bond motifs is 8. The van der Waals surface area contributed by atoms with Crippen LogP contribution < -0.4 is 0 Å². The topological polar surface area (TPSA) is 70.2 Å². The van der Waals surface area contributed by atoms with Gasteiger partial charge in [-0.05, 0) is 84.5 Å². The summed E-state index contributed by atoms with van der Waals surface area (Å²) in [5, 5.41) is 0. The van der Waals surface area contributed by atoms with E-state index in [-0.39, 0.29) is 17.1 Å². The van der Waals surface area contributed by atoms with E-state index >= 15 is 0 Å². The molecule has 1 radical (unpaired) electrons. The minimum absolute atomic E-state index is 0.